The molecule has 8 heteroatoms. The van der Waals surface area contributed by atoms with Gasteiger partial charge in [-0.25, -0.2) is 0 Å². The molecule has 3 rings (SSSR count). The van der Waals surface area contributed by atoms with E-state index in [9.17, 15) is 14.4 Å². The van der Waals surface area contributed by atoms with E-state index in [2.05, 4.69) is 10.2 Å². The van der Waals surface area contributed by atoms with Crippen molar-refractivity contribution in [2.24, 2.45) is 5.92 Å². The van der Waals surface area contributed by atoms with E-state index in [4.69, 9.17) is 0 Å². The van der Waals surface area contributed by atoms with Crippen LogP contribution in [0, 0.1) is 5.92 Å². The average Bonchev–Trinajstić information content (AvgIpc) is 3.23. The van der Waals surface area contributed by atoms with Gasteiger partial charge in [-0.2, -0.15) is 11.3 Å². The molecule has 27 heavy (non-hydrogen) atoms. The Bertz CT molecular complexity index is 648. The molecule has 3 amide bonds. The summed E-state index contributed by atoms with van der Waals surface area (Å²) in [4.78, 5) is 42.1. The predicted octanol–water partition coefficient (Wildman–Crippen LogP) is 0.881. The summed E-state index contributed by atoms with van der Waals surface area (Å²) >= 11 is 1.52. The molecule has 2 aliphatic rings. The summed E-state index contributed by atoms with van der Waals surface area (Å²) in [5.41, 5.74) is 0.714. The molecule has 1 aromatic rings. The zero-order valence-corrected chi connectivity index (χ0v) is 16.7. The van der Waals surface area contributed by atoms with Crippen LogP contribution in [0.5, 0.6) is 0 Å². The molecule has 1 N–H and O–H groups in total. The van der Waals surface area contributed by atoms with Crippen molar-refractivity contribution in [3.63, 3.8) is 0 Å². The second kappa shape index (κ2) is 9.32. The molecule has 1 aromatic heterocycles. The molecule has 0 atom stereocenters. The van der Waals surface area contributed by atoms with E-state index in [1.54, 1.807) is 6.92 Å². The third kappa shape index (κ3) is 5.29. The van der Waals surface area contributed by atoms with Crippen molar-refractivity contribution in [2.45, 2.75) is 19.8 Å². The second-order valence-electron chi connectivity index (χ2n) is 7.22. The molecule has 148 valence electrons. The molecule has 0 aromatic carbocycles. The highest BCUT2D eigenvalue weighted by molar-refractivity contribution is 7.08. The van der Waals surface area contributed by atoms with Crippen LogP contribution >= 0.6 is 11.3 Å². The van der Waals surface area contributed by atoms with E-state index in [1.807, 2.05) is 26.6 Å². The predicted molar refractivity (Wildman–Crippen MR) is 105 cm³/mol. The molecular weight excluding hydrogens is 364 g/mol. The Kier molecular flexibility index (Phi) is 6.84. The third-order valence-corrected chi connectivity index (χ3v) is 6.15. The van der Waals surface area contributed by atoms with Crippen LogP contribution in [0.25, 0.3) is 0 Å². The summed E-state index contributed by atoms with van der Waals surface area (Å²) in [6.07, 6.45) is 1.54. The van der Waals surface area contributed by atoms with Crippen LogP contribution in [0.1, 0.15) is 30.1 Å². The first-order valence-electron chi connectivity index (χ1n) is 9.61. The maximum Gasteiger partial charge on any atom is 0.252 e. The number of rotatable bonds is 5. The number of amides is 3. The standard InChI is InChI=1S/C19H28N4O3S/c1-15(24)22-6-2-16(3-7-22)19(26)23-11-9-21(10-12-23)8-5-20-18(25)17-4-13-27-14-17/h4,13-14,16H,2-3,5-12H2,1H3,(H,20,25). The lowest BCUT2D eigenvalue weighted by Gasteiger charge is -2.38. The molecular formula is C19H28N4O3S. The van der Waals surface area contributed by atoms with Gasteiger partial charge in [0.1, 0.15) is 0 Å². The Morgan fingerprint density at radius 3 is 2.37 bits per heavy atom. The van der Waals surface area contributed by atoms with E-state index in [0.29, 0.717) is 25.2 Å². The number of nitrogens with zero attached hydrogens (tertiary/aromatic N) is 3. The topological polar surface area (TPSA) is 73.0 Å². The quantitative estimate of drug-likeness (QED) is 0.807. The van der Waals surface area contributed by atoms with Crippen molar-refractivity contribution in [2.75, 3.05) is 52.4 Å². The van der Waals surface area contributed by atoms with E-state index in [0.717, 1.165) is 45.6 Å². The first-order valence-corrected chi connectivity index (χ1v) is 10.6. The monoisotopic (exact) mass is 392 g/mol. The molecule has 0 unspecified atom stereocenters. The Labute approximate surface area is 164 Å². The van der Waals surface area contributed by atoms with Gasteiger partial charge in [-0.1, -0.05) is 0 Å². The Balaban J connectivity index is 1.34. The summed E-state index contributed by atoms with van der Waals surface area (Å²) < 4.78 is 0. The lowest BCUT2D eigenvalue weighted by molar-refractivity contribution is -0.141. The highest BCUT2D eigenvalue weighted by Gasteiger charge is 2.30. The van der Waals surface area contributed by atoms with Gasteiger partial charge in [-0.05, 0) is 24.3 Å². The van der Waals surface area contributed by atoms with Gasteiger partial charge in [-0.3, -0.25) is 19.3 Å². The maximum absolute atomic E-state index is 12.7. The van der Waals surface area contributed by atoms with Gasteiger partial charge in [-0.15, -0.1) is 0 Å². The fraction of sp³-hybridized carbons (Fsp3) is 0.632. The van der Waals surface area contributed by atoms with Crippen molar-refractivity contribution >= 4 is 29.1 Å². The van der Waals surface area contributed by atoms with Gasteiger partial charge in [0.25, 0.3) is 5.91 Å². The molecule has 2 saturated heterocycles. The van der Waals surface area contributed by atoms with Crippen molar-refractivity contribution in [3.8, 4) is 0 Å². The minimum absolute atomic E-state index is 0.0260. The number of hydrogen-bond acceptors (Lipinski definition) is 5. The van der Waals surface area contributed by atoms with E-state index in [1.165, 1.54) is 11.3 Å². The van der Waals surface area contributed by atoms with E-state index >= 15 is 0 Å². The molecule has 0 spiro atoms. The second-order valence-corrected chi connectivity index (χ2v) is 8.00. The van der Waals surface area contributed by atoms with Gasteiger partial charge >= 0.3 is 0 Å². The van der Waals surface area contributed by atoms with Crippen molar-refractivity contribution < 1.29 is 14.4 Å². The lowest BCUT2D eigenvalue weighted by Crippen LogP contribution is -2.52. The smallest absolute Gasteiger partial charge is 0.252 e. The third-order valence-electron chi connectivity index (χ3n) is 5.47. The number of likely N-dealkylation sites (tertiary alicyclic amines) is 1. The number of carbonyl (C=O) groups is 3. The number of hydrogen-bond donors (Lipinski definition) is 1. The highest BCUT2D eigenvalue weighted by Crippen LogP contribution is 2.20. The lowest BCUT2D eigenvalue weighted by atomic mass is 9.95. The van der Waals surface area contributed by atoms with E-state index in [-0.39, 0.29) is 23.6 Å². The summed E-state index contributed by atoms with van der Waals surface area (Å²) in [5, 5.41) is 6.69. The number of piperidine rings is 1. The Morgan fingerprint density at radius 1 is 1.07 bits per heavy atom. The van der Waals surface area contributed by atoms with Crippen LogP contribution in [0.15, 0.2) is 16.8 Å². The minimum Gasteiger partial charge on any atom is -0.351 e. The molecule has 7 nitrogen and oxygen atoms in total. The largest absolute Gasteiger partial charge is 0.351 e. The van der Waals surface area contributed by atoms with Gasteiger partial charge in [0.05, 0.1) is 0 Å². The van der Waals surface area contributed by atoms with Crippen LogP contribution in [0.2, 0.25) is 0 Å². The van der Waals surface area contributed by atoms with Crippen LogP contribution < -0.4 is 5.32 Å². The fourth-order valence-electron chi connectivity index (χ4n) is 3.71. The SMILES string of the molecule is CC(=O)N1CCC(C(=O)N2CCN(CCNC(=O)c3ccsc3)CC2)CC1. The molecule has 0 radical (unpaired) electrons. The molecule has 0 aliphatic carbocycles. The fourth-order valence-corrected chi connectivity index (χ4v) is 4.35. The average molecular weight is 393 g/mol. The molecule has 3 heterocycles. The molecule has 2 fully saturated rings. The Morgan fingerprint density at radius 2 is 1.78 bits per heavy atom. The van der Waals surface area contributed by atoms with E-state index < -0.39 is 0 Å². The molecule has 2 aliphatic heterocycles. The zero-order valence-electron chi connectivity index (χ0n) is 15.9. The van der Waals surface area contributed by atoms with Crippen molar-refractivity contribution in [1.29, 1.82) is 0 Å². The van der Waals surface area contributed by atoms with Crippen LogP contribution in [-0.2, 0) is 9.59 Å². The first kappa shape index (κ1) is 19.8. The summed E-state index contributed by atoms with van der Waals surface area (Å²) in [6, 6.07) is 1.82. The van der Waals surface area contributed by atoms with Crippen LogP contribution in [0.3, 0.4) is 0 Å². The summed E-state index contributed by atoms with van der Waals surface area (Å²) in [5.74, 6) is 0.364. The molecule has 0 bridgehead atoms. The highest BCUT2D eigenvalue weighted by atomic mass is 32.1. The number of nitrogens with one attached hydrogen (secondary N) is 1. The van der Waals surface area contributed by atoms with Crippen LogP contribution in [0.4, 0.5) is 0 Å². The maximum atomic E-state index is 12.7. The summed E-state index contributed by atoms with van der Waals surface area (Å²) in [7, 11) is 0. The summed E-state index contributed by atoms with van der Waals surface area (Å²) in [6.45, 7) is 7.55. The zero-order chi connectivity index (χ0) is 19.2. The van der Waals surface area contributed by atoms with Gasteiger partial charge in [0, 0.05) is 76.1 Å². The van der Waals surface area contributed by atoms with Crippen molar-refractivity contribution in [3.05, 3.63) is 22.4 Å². The Hall–Kier alpha value is -1.93. The van der Waals surface area contributed by atoms with Gasteiger partial charge in [0.2, 0.25) is 11.8 Å². The van der Waals surface area contributed by atoms with Crippen LogP contribution in [-0.4, -0.2) is 84.8 Å². The van der Waals surface area contributed by atoms with Crippen molar-refractivity contribution in [1.82, 2.24) is 20.0 Å². The normalized spacial score (nSPS) is 19.1. The number of thiophene rings is 1. The van der Waals surface area contributed by atoms with Gasteiger partial charge in [0.15, 0.2) is 0 Å². The molecule has 0 saturated carbocycles. The van der Waals surface area contributed by atoms with Gasteiger partial charge < -0.3 is 15.1 Å². The number of carbonyl (C=O) groups excluding carboxylic acids is 3. The minimum atomic E-state index is -0.0260. The first-order chi connectivity index (χ1) is 13.0. The number of piperazine rings is 1.